The Kier molecular flexibility index (Phi) is 5.46. The number of halogens is 2. The summed E-state index contributed by atoms with van der Waals surface area (Å²) in [6.45, 7) is 2.92. The van der Waals surface area contributed by atoms with E-state index in [1.165, 1.54) is 0 Å². The largest absolute Gasteiger partial charge is 0.496 e. The van der Waals surface area contributed by atoms with E-state index in [-0.39, 0.29) is 6.04 Å². The topological polar surface area (TPSA) is 21.3 Å². The molecule has 2 nitrogen and oxygen atoms in total. The molecule has 1 N–H and O–H groups in total. The van der Waals surface area contributed by atoms with E-state index in [1.54, 1.807) is 7.11 Å². The third-order valence-corrected chi connectivity index (χ3v) is 3.95. The van der Waals surface area contributed by atoms with Crippen molar-refractivity contribution in [2.45, 2.75) is 13.0 Å². The van der Waals surface area contributed by atoms with Gasteiger partial charge in [0.2, 0.25) is 0 Å². The van der Waals surface area contributed by atoms with Gasteiger partial charge in [-0.25, -0.2) is 0 Å². The van der Waals surface area contributed by atoms with Gasteiger partial charge in [-0.1, -0.05) is 58.7 Å². The van der Waals surface area contributed by atoms with E-state index in [0.29, 0.717) is 0 Å². The van der Waals surface area contributed by atoms with Gasteiger partial charge in [-0.3, -0.25) is 0 Å². The number of benzene rings is 2. The minimum Gasteiger partial charge on any atom is -0.496 e. The predicted octanol–water partition coefficient (Wildman–Crippen LogP) is 4.81. The van der Waals surface area contributed by atoms with Gasteiger partial charge in [0.05, 0.1) is 13.2 Å². The predicted molar refractivity (Wildman–Crippen MR) is 87.7 cm³/mol. The molecule has 1 unspecified atom stereocenters. The number of rotatable bonds is 5. The van der Waals surface area contributed by atoms with Gasteiger partial charge in [0.25, 0.3) is 0 Å². The van der Waals surface area contributed by atoms with Crippen LogP contribution in [0.25, 0.3) is 0 Å². The molecule has 2 aromatic rings. The van der Waals surface area contributed by atoms with Gasteiger partial charge in [-0.05, 0) is 30.3 Å². The molecule has 4 heteroatoms. The van der Waals surface area contributed by atoms with E-state index in [2.05, 4.69) is 34.2 Å². The Morgan fingerprint density at radius 2 is 1.95 bits per heavy atom. The number of para-hydroxylation sites is 1. The van der Waals surface area contributed by atoms with Crippen molar-refractivity contribution in [3.8, 4) is 5.75 Å². The fraction of sp³-hybridized carbons (Fsp3) is 0.250. The number of methoxy groups -OCH3 is 1. The molecule has 0 saturated carbocycles. The zero-order valence-electron chi connectivity index (χ0n) is 11.5. The molecule has 0 aliphatic rings. The minimum atomic E-state index is 0.0109. The van der Waals surface area contributed by atoms with Crippen molar-refractivity contribution in [1.82, 2.24) is 5.32 Å². The van der Waals surface area contributed by atoms with Crippen LogP contribution in [-0.4, -0.2) is 13.7 Å². The second-order valence-corrected chi connectivity index (χ2v) is 5.72. The molecule has 0 amide bonds. The molecule has 0 bridgehead atoms. The van der Waals surface area contributed by atoms with Crippen LogP contribution in [0.4, 0.5) is 0 Å². The van der Waals surface area contributed by atoms with Crippen molar-refractivity contribution in [2.75, 3.05) is 13.7 Å². The Morgan fingerprint density at radius 1 is 1.20 bits per heavy atom. The van der Waals surface area contributed by atoms with Gasteiger partial charge in [-0.15, -0.1) is 0 Å². The van der Waals surface area contributed by atoms with Crippen LogP contribution in [-0.2, 0) is 0 Å². The average Bonchev–Trinajstić information content (AvgIpc) is 2.45. The lowest BCUT2D eigenvalue weighted by molar-refractivity contribution is 0.404. The quantitative estimate of drug-likeness (QED) is 0.832. The van der Waals surface area contributed by atoms with E-state index in [1.807, 2.05) is 36.4 Å². The Morgan fingerprint density at radius 3 is 2.60 bits per heavy atom. The molecule has 1 atom stereocenters. The summed E-state index contributed by atoms with van der Waals surface area (Å²) in [6.07, 6.45) is 0. The molecule has 0 spiro atoms. The zero-order valence-corrected chi connectivity index (χ0v) is 13.8. The fourth-order valence-electron chi connectivity index (χ4n) is 2.23. The molecule has 106 valence electrons. The Hall–Kier alpha value is -1.03. The third-order valence-electron chi connectivity index (χ3n) is 3.13. The summed E-state index contributed by atoms with van der Waals surface area (Å²) in [6, 6.07) is 14.0. The van der Waals surface area contributed by atoms with Crippen molar-refractivity contribution in [1.29, 1.82) is 0 Å². The van der Waals surface area contributed by atoms with Crippen LogP contribution in [0, 0.1) is 0 Å². The summed E-state index contributed by atoms with van der Waals surface area (Å²) in [5, 5.41) is 4.20. The van der Waals surface area contributed by atoms with Gasteiger partial charge in [-0.2, -0.15) is 0 Å². The second kappa shape index (κ2) is 7.11. The molecular formula is C16H17BrClNO. The Labute approximate surface area is 133 Å². The highest BCUT2D eigenvalue weighted by atomic mass is 79.9. The number of hydrogen-bond donors (Lipinski definition) is 1. The maximum absolute atomic E-state index is 6.39. The summed E-state index contributed by atoms with van der Waals surface area (Å²) in [5.74, 6) is 0.859. The Bertz CT molecular complexity index is 588. The van der Waals surface area contributed by atoms with Crippen LogP contribution < -0.4 is 10.1 Å². The zero-order chi connectivity index (χ0) is 14.5. The Balaban J connectivity index is 2.50. The first-order valence-electron chi connectivity index (χ1n) is 6.48. The standard InChI is InChI=1S/C16H17BrClNO/c1-3-19-16(12-9-8-11(17)10-14(12)18)13-6-4-5-7-15(13)20-2/h4-10,16,19H,3H2,1-2H3. The van der Waals surface area contributed by atoms with Gasteiger partial charge >= 0.3 is 0 Å². The van der Waals surface area contributed by atoms with Crippen LogP contribution in [0.5, 0.6) is 5.75 Å². The van der Waals surface area contributed by atoms with E-state index in [0.717, 1.165) is 32.9 Å². The summed E-state index contributed by atoms with van der Waals surface area (Å²) in [7, 11) is 1.69. The van der Waals surface area contributed by atoms with Crippen molar-refractivity contribution >= 4 is 27.5 Å². The smallest absolute Gasteiger partial charge is 0.123 e. The van der Waals surface area contributed by atoms with Gasteiger partial charge in [0, 0.05) is 15.1 Å². The van der Waals surface area contributed by atoms with Crippen molar-refractivity contribution in [3.63, 3.8) is 0 Å². The van der Waals surface area contributed by atoms with Gasteiger partial charge < -0.3 is 10.1 Å². The molecule has 2 aromatic carbocycles. The maximum Gasteiger partial charge on any atom is 0.123 e. The number of ether oxygens (including phenoxy) is 1. The molecule has 0 heterocycles. The van der Waals surface area contributed by atoms with Gasteiger partial charge in [0.15, 0.2) is 0 Å². The first-order chi connectivity index (χ1) is 9.67. The van der Waals surface area contributed by atoms with Crippen molar-refractivity contribution in [2.24, 2.45) is 0 Å². The lowest BCUT2D eigenvalue weighted by atomic mass is 9.97. The van der Waals surface area contributed by atoms with Crippen LogP contribution >= 0.6 is 27.5 Å². The van der Waals surface area contributed by atoms with E-state index in [4.69, 9.17) is 16.3 Å². The summed E-state index contributed by atoms with van der Waals surface area (Å²) < 4.78 is 6.44. The molecule has 0 fully saturated rings. The van der Waals surface area contributed by atoms with Crippen LogP contribution in [0.3, 0.4) is 0 Å². The third kappa shape index (κ3) is 3.35. The van der Waals surface area contributed by atoms with Crippen LogP contribution in [0.15, 0.2) is 46.9 Å². The normalized spacial score (nSPS) is 12.2. The lowest BCUT2D eigenvalue weighted by Gasteiger charge is -2.22. The number of hydrogen-bond acceptors (Lipinski definition) is 2. The van der Waals surface area contributed by atoms with Crippen LogP contribution in [0.1, 0.15) is 24.1 Å². The SMILES string of the molecule is CCNC(c1ccc(Br)cc1Cl)c1ccccc1OC. The molecular weight excluding hydrogens is 338 g/mol. The lowest BCUT2D eigenvalue weighted by Crippen LogP contribution is -2.22. The first-order valence-corrected chi connectivity index (χ1v) is 7.65. The summed E-state index contributed by atoms with van der Waals surface area (Å²) in [5.41, 5.74) is 2.13. The summed E-state index contributed by atoms with van der Waals surface area (Å²) >= 11 is 9.83. The molecule has 0 aliphatic heterocycles. The van der Waals surface area contributed by atoms with E-state index in [9.17, 15) is 0 Å². The highest BCUT2D eigenvalue weighted by Gasteiger charge is 2.19. The van der Waals surface area contributed by atoms with Crippen molar-refractivity contribution < 1.29 is 4.74 Å². The minimum absolute atomic E-state index is 0.0109. The van der Waals surface area contributed by atoms with Crippen LogP contribution in [0.2, 0.25) is 5.02 Å². The molecule has 2 rings (SSSR count). The monoisotopic (exact) mass is 353 g/mol. The highest BCUT2D eigenvalue weighted by Crippen LogP contribution is 2.34. The van der Waals surface area contributed by atoms with Crippen molar-refractivity contribution in [3.05, 3.63) is 63.1 Å². The molecule has 0 saturated heterocycles. The average molecular weight is 355 g/mol. The second-order valence-electron chi connectivity index (χ2n) is 4.40. The fourth-order valence-corrected chi connectivity index (χ4v) is 3.01. The first kappa shape index (κ1) is 15.4. The molecule has 0 aliphatic carbocycles. The maximum atomic E-state index is 6.39. The molecule has 0 aromatic heterocycles. The number of nitrogens with one attached hydrogen (secondary N) is 1. The summed E-state index contributed by atoms with van der Waals surface area (Å²) in [4.78, 5) is 0. The highest BCUT2D eigenvalue weighted by molar-refractivity contribution is 9.10. The molecule has 20 heavy (non-hydrogen) atoms. The van der Waals surface area contributed by atoms with Gasteiger partial charge in [0.1, 0.15) is 5.75 Å². The van der Waals surface area contributed by atoms with E-state index >= 15 is 0 Å². The van der Waals surface area contributed by atoms with E-state index < -0.39 is 0 Å². The molecule has 0 radical (unpaired) electrons.